The lowest BCUT2D eigenvalue weighted by molar-refractivity contribution is -0.144. The number of carbonyl (C=O) groups is 3. The Balaban J connectivity index is 1.44. The van der Waals surface area contributed by atoms with Crippen molar-refractivity contribution >= 4 is 18.0 Å². The minimum atomic E-state index is -1.02. The quantitative estimate of drug-likeness (QED) is 0.443. The van der Waals surface area contributed by atoms with Gasteiger partial charge in [0, 0.05) is 13.1 Å². The second-order valence-electron chi connectivity index (χ2n) is 6.03. The van der Waals surface area contributed by atoms with Gasteiger partial charge in [-0.2, -0.15) is 0 Å². The average molecular weight is 344 g/mol. The van der Waals surface area contributed by atoms with E-state index in [1.165, 1.54) is 9.80 Å². The SMILES string of the molecule is O=C(NOCC1CN(C(=O)O)CCO1)[C@@H]1CC[C@@H]2CN1C(=O)N2O. The molecule has 0 aromatic heterocycles. The van der Waals surface area contributed by atoms with E-state index in [2.05, 4.69) is 5.48 Å². The molecular weight excluding hydrogens is 324 g/mol. The molecule has 3 aliphatic rings. The number of amides is 4. The lowest BCUT2D eigenvalue weighted by Crippen LogP contribution is -2.51. The summed E-state index contributed by atoms with van der Waals surface area (Å²) in [5.74, 6) is -0.469. The van der Waals surface area contributed by atoms with Crippen LogP contribution in [0.5, 0.6) is 0 Å². The van der Waals surface area contributed by atoms with Crippen LogP contribution >= 0.6 is 0 Å². The van der Waals surface area contributed by atoms with E-state index in [1.807, 2.05) is 0 Å². The Labute approximate surface area is 137 Å². The number of piperidine rings is 1. The lowest BCUT2D eigenvalue weighted by Gasteiger charge is -2.31. The second kappa shape index (κ2) is 6.79. The number of ether oxygens (including phenoxy) is 1. The minimum absolute atomic E-state index is 0.00490. The highest BCUT2D eigenvalue weighted by Crippen LogP contribution is 2.28. The van der Waals surface area contributed by atoms with E-state index in [9.17, 15) is 19.6 Å². The third-order valence-corrected chi connectivity index (χ3v) is 4.50. The molecule has 3 fully saturated rings. The molecule has 3 heterocycles. The van der Waals surface area contributed by atoms with Crippen molar-refractivity contribution in [3.05, 3.63) is 0 Å². The van der Waals surface area contributed by atoms with Crippen molar-refractivity contribution in [3.63, 3.8) is 0 Å². The normalized spacial score (nSPS) is 29.8. The molecule has 1 unspecified atom stereocenters. The molecule has 3 N–H and O–H groups in total. The van der Waals surface area contributed by atoms with Crippen LogP contribution in [0.3, 0.4) is 0 Å². The van der Waals surface area contributed by atoms with Crippen LogP contribution in [0.1, 0.15) is 12.8 Å². The number of urea groups is 1. The number of hydrogen-bond donors (Lipinski definition) is 3. The highest BCUT2D eigenvalue weighted by molar-refractivity contribution is 5.87. The first-order valence-electron chi connectivity index (χ1n) is 7.77. The largest absolute Gasteiger partial charge is 0.465 e. The minimum Gasteiger partial charge on any atom is -0.465 e. The Morgan fingerprint density at radius 1 is 1.33 bits per heavy atom. The van der Waals surface area contributed by atoms with Crippen LogP contribution in [-0.4, -0.2) is 94.2 Å². The van der Waals surface area contributed by atoms with Crippen LogP contribution in [0, 0.1) is 0 Å². The Bertz CT molecular complexity index is 530. The van der Waals surface area contributed by atoms with Gasteiger partial charge < -0.3 is 19.6 Å². The van der Waals surface area contributed by atoms with E-state index in [0.29, 0.717) is 31.0 Å². The molecule has 3 aliphatic heterocycles. The predicted octanol–water partition coefficient (Wildman–Crippen LogP) is -0.929. The van der Waals surface area contributed by atoms with Gasteiger partial charge in [-0.25, -0.2) is 20.1 Å². The topological polar surface area (TPSA) is 132 Å². The number of fused-ring (bicyclic) bond motifs is 2. The molecule has 0 radical (unpaired) electrons. The summed E-state index contributed by atoms with van der Waals surface area (Å²) in [5.41, 5.74) is 2.28. The van der Waals surface area contributed by atoms with Gasteiger partial charge in [-0.05, 0) is 12.8 Å². The van der Waals surface area contributed by atoms with Crippen molar-refractivity contribution < 1.29 is 34.3 Å². The number of hydroxylamine groups is 3. The van der Waals surface area contributed by atoms with Gasteiger partial charge >= 0.3 is 12.1 Å². The molecule has 134 valence electrons. The van der Waals surface area contributed by atoms with Gasteiger partial charge in [0.2, 0.25) is 0 Å². The van der Waals surface area contributed by atoms with E-state index >= 15 is 0 Å². The fourth-order valence-electron chi connectivity index (χ4n) is 3.19. The van der Waals surface area contributed by atoms with Gasteiger partial charge in [-0.15, -0.1) is 0 Å². The summed E-state index contributed by atoms with van der Waals surface area (Å²) >= 11 is 0. The number of hydrogen-bond acceptors (Lipinski definition) is 6. The fourth-order valence-corrected chi connectivity index (χ4v) is 3.19. The first kappa shape index (κ1) is 16.7. The maximum atomic E-state index is 12.2. The number of morpholine rings is 1. The summed E-state index contributed by atoms with van der Waals surface area (Å²) in [7, 11) is 0. The molecule has 0 aromatic carbocycles. The number of rotatable bonds is 4. The number of carboxylic acid groups (broad SMARTS) is 1. The summed E-state index contributed by atoms with van der Waals surface area (Å²) in [6.07, 6.45) is -0.511. The summed E-state index contributed by atoms with van der Waals surface area (Å²) in [6, 6.07) is -1.53. The van der Waals surface area contributed by atoms with E-state index in [-0.39, 0.29) is 25.8 Å². The molecule has 3 saturated heterocycles. The first-order chi connectivity index (χ1) is 11.5. The van der Waals surface area contributed by atoms with Crippen LogP contribution in [0.2, 0.25) is 0 Å². The summed E-state index contributed by atoms with van der Waals surface area (Å²) in [5, 5.41) is 19.2. The fraction of sp³-hybridized carbons (Fsp3) is 0.769. The molecule has 11 heteroatoms. The van der Waals surface area contributed by atoms with Crippen molar-refractivity contribution in [2.45, 2.75) is 31.0 Å². The molecule has 4 amide bonds. The predicted molar refractivity (Wildman–Crippen MR) is 76.0 cm³/mol. The number of nitrogens with one attached hydrogen (secondary N) is 1. The highest BCUT2D eigenvalue weighted by Gasteiger charge is 2.46. The van der Waals surface area contributed by atoms with Crippen LogP contribution in [0.4, 0.5) is 9.59 Å². The molecule has 0 aliphatic carbocycles. The first-order valence-corrected chi connectivity index (χ1v) is 7.77. The monoisotopic (exact) mass is 344 g/mol. The van der Waals surface area contributed by atoms with Gasteiger partial charge in [-0.3, -0.25) is 14.8 Å². The third kappa shape index (κ3) is 3.23. The Morgan fingerprint density at radius 2 is 2.12 bits per heavy atom. The van der Waals surface area contributed by atoms with E-state index in [0.717, 1.165) is 0 Å². The maximum Gasteiger partial charge on any atom is 0.407 e. The molecule has 3 atom stereocenters. The lowest BCUT2D eigenvalue weighted by atomic mass is 10.0. The van der Waals surface area contributed by atoms with Gasteiger partial charge in [0.1, 0.15) is 18.8 Å². The Kier molecular flexibility index (Phi) is 4.73. The van der Waals surface area contributed by atoms with Crippen LogP contribution in [0.25, 0.3) is 0 Å². The van der Waals surface area contributed by atoms with Crippen molar-refractivity contribution in [2.24, 2.45) is 0 Å². The maximum absolute atomic E-state index is 12.2. The van der Waals surface area contributed by atoms with Gasteiger partial charge in [0.25, 0.3) is 5.91 Å². The van der Waals surface area contributed by atoms with Crippen molar-refractivity contribution in [1.82, 2.24) is 20.3 Å². The van der Waals surface area contributed by atoms with Crippen molar-refractivity contribution in [3.8, 4) is 0 Å². The zero-order valence-corrected chi connectivity index (χ0v) is 13.0. The smallest absolute Gasteiger partial charge is 0.407 e. The zero-order valence-electron chi connectivity index (χ0n) is 13.0. The number of nitrogens with zero attached hydrogens (tertiary/aromatic N) is 3. The molecule has 24 heavy (non-hydrogen) atoms. The zero-order chi connectivity index (χ0) is 17.3. The molecule has 0 spiro atoms. The molecule has 2 bridgehead atoms. The highest BCUT2D eigenvalue weighted by atomic mass is 16.7. The third-order valence-electron chi connectivity index (χ3n) is 4.50. The molecular formula is C13H20N4O7. The Hall–Kier alpha value is -2.11. The van der Waals surface area contributed by atoms with Crippen LogP contribution in [-0.2, 0) is 14.4 Å². The van der Waals surface area contributed by atoms with Crippen LogP contribution < -0.4 is 5.48 Å². The molecule has 0 aromatic rings. The second-order valence-corrected chi connectivity index (χ2v) is 6.03. The van der Waals surface area contributed by atoms with Crippen molar-refractivity contribution in [2.75, 3.05) is 32.8 Å². The molecule has 0 saturated carbocycles. The molecule has 3 rings (SSSR count). The average Bonchev–Trinajstić information content (AvgIpc) is 2.79. The standard InChI is InChI=1S/C13H20N4O7/c18-11(10-2-1-8-5-16(10)12(19)17(8)22)14-24-7-9-6-15(13(20)21)3-4-23-9/h8-10,22H,1-7H2,(H,14,18)(H,20,21)/t8-,9?,10+/m1/s1. The van der Waals surface area contributed by atoms with E-state index < -0.39 is 30.2 Å². The number of carbonyl (C=O) groups excluding carboxylic acids is 2. The summed E-state index contributed by atoms with van der Waals surface area (Å²) in [6.45, 7) is 1.06. The van der Waals surface area contributed by atoms with Gasteiger partial charge in [0.15, 0.2) is 0 Å². The van der Waals surface area contributed by atoms with Gasteiger partial charge in [-0.1, -0.05) is 0 Å². The molecule has 11 nitrogen and oxygen atoms in total. The Morgan fingerprint density at radius 3 is 2.88 bits per heavy atom. The van der Waals surface area contributed by atoms with Crippen molar-refractivity contribution in [1.29, 1.82) is 0 Å². The van der Waals surface area contributed by atoms with Gasteiger partial charge in [0.05, 0.1) is 19.2 Å². The summed E-state index contributed by atoms with van der Waals surface area (Å²) < 4.78 is 5.38. The van der Waals surface area contributed by atoms with E-state index in [1.54, 1.807) is 0 Å². The van der Waals surface area contributed by atoms with E-state index in [4.69, 9.17) is 14.7 Å². The van der Waals surface area contributed by atoms with Crippen LogP contribution in [0.15, 0.2) is 0 Å². The summed E-state index contributed by atoms with van der Waals surface area (Å²) in [4.78, 5) is 42.6.